The topological polar surface area (TPSA) is 29.1 Å². The predicted molar refractivity (Wildman–Crippen MR) is 78.1 cm³/mol. The average Bonchev–Trinajstić information content (AvgIpc) is 2.40. The van der Waals surface area contributed by atoms with Crippen LogP contribution in [0.1, 0.15) is 15.9 Å². The Balaban J connectivity index is 2.10. The Morgan fingerprint density at radius 1 is 1.06 bits per heavy atom. The van der Waals surface area contributed by atoms with Gasteiger partial charge in [0.2, 0.25) is 0 Å². The molecule has 0 aromatic heterocycles. The number of benzene rings is 2. The second-order valence-corrected chi connectivity index (χ2v) is 5.77. The third-order valence-electron chi connectivity index (χ3n) is 2.62. The minimum atomic E-state index is -0.0781. The van der Waals surface area contributed by atoms with Gasteiger partial charge in [0.15, 0.2) is 0 Å². The number of carbonyl (C=O) groups is 1. The summed E-state index contributed by atoms with van der Waals surface area (Å²) in [5.41, 5.74) is 2.64. The molecule has 0 fully saturated rings. The van der Waals surface area contributed by atoms with E-state index in [0.717, 1.165) is 11.3 Å². The molecule has 0 aliphatic rings. The molecule has 2 nitrogen and oxygen atoms in total. The molecule has 0 radical (unpaired) electrons. The number of hydrogen-bond donors (Lipinski definition) is 1. The Hall–Kier alpha value is -1.66. The molecule has 1 amide bonds. The van der Waals surface area contributed by atoms with Crippen LogP contribution in [0.5, 0.6) is 0 Å². The van der Waals surface area contributed by atoms with Crippen LogP contribution in [0, 0.1) is 6.92 Å². The number of rotatable bonds is 3. The van der Waals surface area contributed by atoms with Gasteiger partial charge in [0, 0.05) is 0 Å². The van der Waals surface area contributed by atoms with Crippen LogP contribution < -0.4 is 9.67 Å². The number of hydrogen-bond acceptors (Lipinski definition) is 1. The number of anilines is 1. The van der Waals surface area contributed by atoms with Gasteiger partial charge >= 0.3 is 113 Å². The number of amides is 1. The fourth-order valence-corrected chi connectivity index (χ4v) is 2.31. The van der Waals surface area contributed by atoms with Gasteiger partial charge in [0.05, 0.1) is 0 Å². The van der Waals surface area contributed by atoms with E-state index in [0.29, 0.717) is 5.56 Å². The molecule has 0 unspecified atom stereocenters. The van der Waals surface area contributed by atoms with Crippen molar-refractivity contribution in [2.45, 2.75) is 6.92 Å². The monoisotopic (exact) mass is 299 g/mol. The summed E-state index contributed by atoms with van der Waals surface area (Å²) in [5.74, 6) is -0.0781. The summed E-state index contributed by atoms with van der Waals surface area (Å²) in [4.78, 5) is 12.0. The first kappa shape index (κ1) is 12.8. The molecule has 3 heteroatoms. The molecule has 0 bridgehead atoms. The van der Waals surface area contributed by atoms with Crippen molar-refractivity contribution in [2.75, 3.05) is 5.32 Å². The third kappa shape index (κ3) is 3.18. The van der Waals surface area contributed by atoms with Crippen LogP contribution in [0.4, 0.5) is 5.69 Å². The molecule has 1 N–H and O–H groups in total. The molecule has 2 rings (SSSR count). The summed E-state index contributed by atoms with van der Waals surface area (Å²) < 4.78 is 1.25. The Kier molecular flexibility index (Phi) is 4.11. The number of aryl methyl sites for hydroxylation is 1. The van der Waals surface area contributed by atoms with E-state index >= 15 is 0 Å². The maximum absolute atomic E-state index is 12.0. The van der Waals surface area contributed by atoms with Crippen molar-refractivity contribution in [3.05, 3.63) is 59.7 Å². The summed E-state index contributed by atoms with van der Waals surface area (Å²) in [6.45, 7) is 2.00. The van der Waals surface area contributed by atoms with Crippen molar-refractivity contribution in [3.8, 4) is 0 Å². The van der Waals surface area contributed by atoms with Crippen LogP contribution >= 0.6 is 0 Å². The fraction of sp³-hybridized carbons (Fsp3) is 0.0667. The normalized spacial score (nSPS) is 10.3. The summed E-state index contributed by atoms with van der Waals surface area (Å²) in [7, 11) is 0. The molecule has 0 saturated heterocycles. The first-order chi connectivity index (χ1) is 8.69. The van der Waals surface area contributed by atoms with Crippen molar-refractivity contribution < 1.29 is 4.79 Å². The van der Waals surface area contributed by atoms with Crippen LogP contribution in [0.2, 0.25) is 0 Å². The van der Waals surface area contributed by atoms with Crippen LogP contribution in [0.3, 0.4) is 0 Å². The van der Waals surface area contributed by atoms with Gasteiger partial charge in [-0.15, -0.1) is 0 Å². The molecule has 0 heterocycles. The molecule has 0 aliphatic heterocycles. The van der Waals surface area contributed by atoms with E-state index in [1.54, 1.807) is 0 Å². The van der Waals surface area contributed by atoms with Crippen molar-refractivity contribution in [1.29, 1.82) is 0 Å². The quantitative estimate of drug-likeness (QED) is 0.863. The second kappa shape index (κ2) is 5.79. The van der Waals surface area contributed by atoms with Gasteiger partial charge in [-0.05, 0) is 0 Å². The van der Waals surface area contributed by atoms with Crippen molar-refractivity contribution in [1.82, 2.24) is 0 Å². The fourth-order valence-electron chi connectivity index (χ4n) is 1.56. The first-order valence-electron chi connectivity index (χ1n) is 5.64. The maximum atomic E-state index is 12.0. The first-order valence-corrected chi connectivity index (χ1v) is 7.90. The van der Waals surface area contributed by atoms with Crippen molar-refractivity contribution >= 4 is 36.6 Å². The molecule has 0 spiro atoms. The van der Waals surface area contributed by atoms with Gasteiger partial charge in [-0.2, -0.15) is 0 Å². The molecular formula is C15H14AsNO. The summed E-state index contributed by atoms with van der Waals surface area (Å²) >= 11 is -0.00382. The molecular weight excluding hydrogens is 285 g/mol. The molecule has 0 aliphatic carbocycles. The zero-order valence-corrected chi connectivity index (χ0v) is 12.1. The van der Waals surface area contributed by atoms with Gasteiger partial charge < -0.3 is 0 Å². The standard InChI is InChI=1S/C15H14AsNO/c1-11-3-5-12(6-4-11)15(18)17-14-9-7-13(16-2)8-10-14/h3-10H,2H2,1H3,(H,17,18). The van der Waals surface area contributed by atoms with Gasteiger partial charge in [-0.3, -0.25) is 0 Å². The Morgan fingerprint density at radius 2 is 1.67 bits per heavy atom. The molecule has 18 heavy (non-hydrogen) atoms. The Morgan fingerprint density at radius 3 is 2.22 bits per heavy atom. The van der Waals surface area contributed by atoms with E-state index in [1.807, 2.05) is 55.5 Å². The van der Waals surface area contributed by atoms with Gasteiger partial charge in [0.1, 0.15) is 0 Å². The summed E-state index contributed by atoms with van der Waals surface area (Å²) in [6.07, 6.45) is 0. The zero-order chi connectivity index (χ0) is 13.0. The van der Waals surface area contributed by atoms with Crippen molar-refractivity contribution in [3.63, 3.8) is 0 Å². The predicted octanol–water partition coefficient (Wildman–Crippen LogP) is 2.01. The van der Waals surface area contributed by atoms with E-state index < -0.39 is 0 Å². The van der Waals surface area contributed by atoms with Crippen LogP contribution in [0.15, 0.2) is 48.5 Å². The molecule has 0 saturated carbocycles. The second-order valence-electron chi connectivity index (χ2n) is 4.03. The summed E-state index contributed by atoms with van der Waals surface area (Å²) in [5, 5.41) is 6.79. The molecule has 2 aromatic carbocycles. The third-order valence-corrected chi connectivity index (χ3v) is 4.01. The van der Waals surface area contributed by atoms with Crippen LogP contribution in [-0.2, 0) is 0 Å². The summed E-state index contributed by atoms with van der Waals surface area (Å²) in [6, 6.07) is 15.4. The van der Waals surface area contributed by atoms with Crippen LogP contribution in [-0.4, -0.2) is 26.5 Å². The van der Waals surface area contributed by atoms with Gasteiger partial charge in [-0.25, -0.2) is 0 Å². The van der Waals surface area contributed by atoms with E-state index in [4.69, 9.17) is 0 Å². The zero-order valence-electron chi connectivity index (χ0n) is 10.2. The van der Waals surface area contributed by atoms with Crippen LogP contribution in [0.25, 0.3) is 0 Å². The van der Waals surface area contributed by atoms with Crippen molar-refractivity contribution in [2.24, 2.45) is 0 Å². The van der Waals surface area contributed by atoms with Gasteiger partial charge in [-0.1, -0.05) is 0 Å². The molecule has 90 valence electrons. The Bertz CT molecular complexity index is 558. The van der Waals surface area contributed by atoms with Gasteiger partial charge in [0.25, 0.3) is 0 Å². The Labute approximate surface area is 113 Å². The van der Waals surface area contributed by atoms with E-state index in [-0.39, 0.29) is 21.2 Å². The van der Waals surface area contributed by atoms with E-state index in [1.165, 1.54) is 4.35 Å². The molecule has 2 aromatic rings. The van der Waals surface area contributed by atoms with E-state index in [2.05, 4.69) is 10.6 Å². The number of carbonyl (C=O) groups excluding carboxylic acids is 1. The average molecular weight is 299 g/mol. The number of nitrogens with one attached hydrogen (secondary N) is 1. The minimum absolute atomic E-state index is 0.00382. The SMILES string of the molecule is C=[As]c1ccc(NC(=O)c2ccc(C)cc2)cc1. The van der Waals surface area contributed by atoms with E-state index in [9.17, 15) is 4.79 Å². The molecule has 0 atom stereocenters.